The van der Waals surface area contributed by atoms with E-state index >= 15 is 0 Å². The van der Waals surface area contributed by atoms with E-state index in [4.69, 9.17) is 11.6 Å². The summed E-state index contributed by atoms with van der Waals surface area (Å²) in [6, 6.07) is 3.40. The fraction of sp³-hybridized carbons (Fsp3) is 0.455. The number of phenols is 1. The van der Waals surface area contributed by atoms with Crippen LogP contribution in [0.5, 0.6) is 5.75 Å². The fourth-order valence-electron chi connectivity index (χ4n) is 1.34. The third kappa shape index (κ3) is 2.02. The van der Waals surface area contributed by atoms with Crippen molar-refractivity contribution in [1.29, 1.82) is 0 Å². The van der Waals surface area contributed by atoms with Crippen molar-refractivity contribution < 1.29 is 10.2 Å². The Labute approximate surface area is 89.1 Å². The number of phenolic OH excluding ortho intramolecular Hbond substituents is 1. The zero-order valence-corrected chi connectivity index (χ0v) is 9.39. The summed E-state index contributed by atoms with van der Waals surface area (Å²) in [6.07, 6.45) is 0. The second-order valence-electron chi connectivity index (χ2n) is 4.16. The van der Waals surface area contributed by atoms with Crippen LogP contribution in [0, 0.1) is 6.92 Å². The van der Waals surface area contributed by atoms with E-state index in [1.54, 1.807) is 19.1 Å². The minimum atomic E-state index is -0.472. The molecule has 1 rings (SSSR count). The van der Waals surface area contributed by atoms with Crippen molar-refractivity contribution in [3.63, 3.8) is 0 Å². The number of aromatic hydroxyl groups is 1. The van der Waals surface area contributed by atoms with Crippen LogP contribution in [-0.2, 0) is 5.41 Å². The number of hydrogen-bond acceptors (Lipinski definition) is 2. The maximum atomic E-state index is 9.82. The lowest BCUT2D eigenvalue weighted by atomic mass is 9.84. The lowest BCUT2D eigenvalue weighted by Gasteiger charge is -2.24. The zero-order chi connectivity index (χ0) is 10.9. The Morgan fingerprint density at radius 3 is 2.43 bits per heavy atom. The molecule has 3 heteroatoms. The third-order valence-electron chi connectivity index (χ3n) is 2.39. The normalized spacial score (nSPS) is 11.8. The summed E-state index contributed by atoms with van der Waals surface area (Å²) in [4.78, 5) is 0. The number of hydrogen-bond donors (Lipinski definition) is 2. The highest BCUT2D eigenvalue weighted by Crippen LogP contribution is 2.35. The van der Waals surface area contributed by atoms with Crippen molar-refractivity contribution >= 4 is 11.6 Å². The van der Waals surface area contributed by atoms with Gasteiger partial charge >= 0.3 is 0 Å². The summed E-state index contributed by atoms with van der Waals surface area (Å²) in [6.45, 7) is 5.48. The summed E-state index contributed by atoms with van der Waals surface area (Å²) in [5.74, 6) is 0.216. The molecule has 1 aromatic carbocycles. The zero-order valence-electron chi connectivity index (χ0n) is 8.63. The minimum absolute atomic E-state index is 0.0274. The van der Waals surface area contributed by atoms with Crippen LogP contribution in [-0.4, -0.2) is 16.8 Å². The lowest BCUT2D eigenvalue weighted by molar-refractivity contribution is 0.215. The van der Waals surface area contributed by atoms with Crippen LogP contribution < -0.4 is 0 Å². The molecular weight excluding hydrogens is 200 g/mol. The second-order valence-corrected chi connectivity index (χ2v) is 4.60. The molecule has 0 fully saturated rings. The summed E-state index contributed by atoms with van der Waals surface area (Å²) in [7, 11) is 0. The molecule has 0 spiro atoms. The molecule has 0 saturated heterocycles. The third-order valence-corrected chi connectivity index (χ3v) is 2.61. The molecule has 0 heterocycles. The van der Waals surface area contributed by atoms with Gasteiger partial charge in [-0.05, 0) is 24.6 Å². The van der Waals surface area contributed by atoms with Crippen LogP contribution in [0.25, 0.3) is 0 Å². The molecule has 0 aromatic heterocycles. The van der Waals surface area contributed by atoms with Crippen molar-refractivity contribution in [1.82, 2.24) is 0 Å². The minimum Gasteiger partial charge on any atom is -0.507 e. The number of aliphatic hydroxyl groups excluding tert-OH is 1. The van der Waals surface area contributed by atoms with Gasteiger partial charge < -0.3 is 10.2 Å². The number of rotatable bonds is 2. The largest absolute Gasteiger partial charge is 0.507 e. The van der Waals surface area contributed by atoms with Gasteiger partial charge in [0.05, 0.1) is 6.61 Å². The highest BCUT2D eigenvalue weighted by molar-refractivity contribution is 6.30. The van der Waals surface area contributed by atoms with E-state index in [-0.39, 0.29) is 12.4 Å². The molecule has 0 aliphatic rings. The van der Waals surface area contributed by atoms with E-state index in [0.29, 0.717) is 10.6 Å². The van der Waals surface area contributed by atoms with Crippen molar-refractivity contribution in [2.45, 2.75) is 26.2 Å². The van der Waals surface area contributed by atoms with E-state index in [9.17, 15) is 10.2 Å². The quantitative estimate of drug-likeness (QED) is 0.795. The predicted octanol–water partition coefficient (Wildman–Crippen LogP) is 2.62. The molecule has 0 aliphatic heterocycles. The first-order valence-corrected chi connectivity index (χ1v) is 4.87. The molecule has 0 amide bonds. The highest BCUT2D eigenvalue weighted by Gasteiger charge is 2.24. The molecule has 0 radical (unpaired) electrons. The van der Waals surface area contributed by atoms with E-state index in [1.807, 2.05) is 13.8 Å². The molecule has 0 atom stereocenters. The monoisotopic (exact) mass is 214 g/mol. The SMILES string of the molecule is Cc1cc(Cl)cc(C(C)(C)CO)c1O. The van der Waals surface area contributed by atoms with Crippen LogP contribution in [0.2, 0.25) is 5.02 Å². The Bertz CT molecular complexity index is 345. The Hall–Kier alpha value is -0.730. The Balaban J connectivity index is 3.34. The predicted molar refractivity (Wildman–Crippen MR) is 58.0 cm³/mol. The van der Waals surface area contributed by atoms with Crippen LogP contribution in [0.4, 0.5) is 0 Å². The first-order chi connectivity index (χ1) is 6.38. The average molecular weight is 215 g/mol. The number of halogens is 1. The van der Waals surface area contributed by atoms with Gasteiger partial charge in [0.1, 0.15) is 5.75 Å². The summed E-state index contributed by atoms with van der Waals surface area (Å²) in [5.41, 5.74) is 0.943. The summed E-state index contributed by atoms with van der Waals surface area (Å²) < 4.78 is 0. The number of benzene rings is 1. The van der Waals surface area contributed by atoms with Crippen molar-refractivity contribution in [2.24, 2.45) is 0 Å². The Morgan fingerprint density at radius 1 is 1.36 bits per heavy atom. The Kier molecular flexibility index (Phi) is 3.07. The van der Waals surface area contributed by atoms with Gasteiger partial charge in [-0.25, -0.2) is 0 Å². The van der Waals surface area contributed by atoms with Crippen molar-refractivity contribution in [3.8, 4) is 5.75 Å². The summed E-state index contributed by atoms with van der Waals surface area (Å²) >= 11 is 5.89. The lowest BCUT2D eigenvalue weighted by Crippen LogP contribution is -2.22. The van der Waals surface area contributed by atoms with Gasteiger partial charge in [0.2, 0.25) is 0 Å². The smallest absolute Gasteiger partial charge is 0.122 e. The van der Waals surface area contributed by atoms with Gasteiger partial charge in [0.15, 0.2) is 0 Å². The van der Waals surface area contributed by atoms with E-state index in [1.165, 1.54) is 0 Å². The van der Waals surface area contributed by atoms with Crippen LogP contribution >= 0.6 is 11.6 Å². The van der Waals surface area contributed by atoms with Gasteiger partial charge in [-0.1, -0.05) is 25.4 Å². The maximum absolute atomic E-state index is 9.82. The molecule has 78 valence electrons. The average Bonchev–Trinajstić information content (AvgIpc) is 2.11. The molecule has 1 aromatic rings. The van der Waals surface area contributed by atoms with Crippen molar-refractivity contribution in [2.75, 3.05) is 6.61 Å². The fourth-order valence-corrected chi connectivity index (χ4v) is 1.61. The van der Waals surface area contributed by atoms with Crippen LogP contribution in [0.1, 0.15) is 25.0 Å². The maximum Gasteiger partial charge on any atom is 0.122 e. The number of aliphatic hydroxyl groups is 1. The molecule has 14 heavy (non-hydrogen) atoms. The highest BCUT2D eigenvalue weighted by atomic mass is 35.5. The molecule has 0 saturated carbocycles. The van der Waals surface area contributed by atoms with E-state index in [2.05, 4.69) is 0 Å². The summed E-state index contributed by atoms with van der Waals surface area (Å²) in [5, 5.41) is 19.6. The van der Waals surface area contributed by atoms with E-state index in [0.717, 1.165) is 5.56 Å². The molecular formula is C11H15ClO2. The Morgan fingerprint density at radius 2 is 1.93 bits per heavy atom. The first-order valence-electron chi connectivity index (χ1n) is 4.49. The van der Waals surface area contributed by atoms with Crippen molar-refractivity contribution in [3.05, 3.63) is 28.3 Å². The van der Waals surface area contributed by atoms with Gasteiger partial charge in [0, 0.05) is 16.0 Å². The topological polar surface area (TPSA) is 40.5 Å². The first kappa shape index (κ1) is 11.3. The molecule has 2 N–H and O–H groups in total. The van der Waals surface area contributed by atoms with Crippen LogP contribution in [0.3, 0.4) is 0 Å². The van der Waals surface area contributed by atoms with Gasteiger partial charge in [-0.15, -0.1) is 0 Å². The van der Waals surface area contributed by atoms with E-state index < -0.39 is 5.41 Å². The molecule has 0 aliphatic carbocycles. The van der Waals surface area contributed by atoms with Crippen LogP contribution in [0.15, 0.2) is 12.1 Å². The van der Waals surface area contributed by atoms with Gasteiger partial charge in [-0.2, -0.15) is 0 Å². The molecule has 0 unspecified atom stereocenters. The van der Waals surface area contributed by atoms with Gasteiger partial charge in [-0.3, -0.25) is 0 Å². The number of aryl methyl sites for hydroxylation is 1. The van der Waals surface area contributed by atoms with Gasteiger partial charge in [0.25, 0.3) is 0 Å². The molecule has 0 bridgehead atoms. The second kappa shape index (κ2) is 3.79. The molecule has 2 nitrogen and oxygen atoms in total. The standard InChI is InChI=1S/C11H15ClO2/c1-7-4-8(12)5-9(10(7)14)11(2,3)6-13/h4-5,13-14H,6H2,1-3H3.